The third kappa shape index (κ3) is 9.38. The normalized spacial score (nSPS) is 16.0. The van der Waals surface area contributed by atoms with Crippen LogP contribution in [0.4, 0.5) is 0 Å². The Kier molecular flexibility index (Phi) is 7.46. The second-order valence-corrected chi connectivity index (χ2v) is 20.9. The molecule has 13 aromatic rings. The number of ether oxygens (including phenoxy) is 1. The molecule has 382 valence electrons. The number of hydrogen-bond acceptors (Lipinski definition) is 2. The van der Waals surface area contributed by atoms with Crippen molar-refractivity contribution >= 4 is 32.8 Å². The van der Waals surface area contributed by atoms with Crippen LogP contribution in [-0.2, 0) is 10.8 Å². The maximum Gasteiger partial charge on any atom is 0.269 e. The number of rotatable bonds is 10. The van der Waals surface area contributed by atoms with Crippen molar-refractivity contribution in [3.63, 3.8) is 0 Å². The predicted octanol–water partition coefficient (Wildman–Crippen LogP) is 18.9. The van der Waals surface area contributed by atoms with Gasteiger partial charge in [-0.2, -0.15) is 0 Å². The molecule has 0 atom stereocenters. The van der Waals surface area contributed by atoms with Crippen LogP contribution >= 0.6 is 0 Å². The molecule has 0 fully saturated rings. The zero-order valence-electron chi connectivity index (χ0n) is 66.7. The molecular formula is C74H60N4O. The number of fused-ring (bicyclic) bond motifs is 4. The van der Waals surface area contributed by atoms with Crippen molar-refractivity contribution in [2.45, 2.75) is 52.4 Å². The molecule has 0 saturated carbocycles. The number of benzene rings is 10. The first-order valence-corrected chi connectivity index (χ1v) is 25.4. The smallest absolute Gasteiger partial charge is 0.269 e. The summed E-state index contributed by atoms with van der Waals surface area (Å²) in [6, 6.07) is 14.3. The van der Waals surface area contributed by atoms with E-state index >= 15 is 0 Å². The van der Waals surface area contributed by atoms with Gasteiger partial charge in [-0.25, -0.2) is 4.98 Å². The number of aromatic nitrogens is 4. The third-order valence-corrected chi connectivity index (χ3v) is 13.7. The number of pyridine rings is 1. The van der Waals surface area contributed by atoms with E-state index in [2.05, 4.69) is 37.7 Å². The molecule has 3 aromatic heterocycles. The molecule has 0 N–H and O–H groups in total. The van der Waals surface area contributed by atoms with E-state index in [1.165, 1.54) is 16.7 Å². The summed E-state index contributed by atoms with van der Waals surface area (Å²) in [6.45, 7) is 11.7. The lowest BCUT2D eigenvalue weighted by Gasteiger charge is -2.28. The van der Waals surface area contributed by atoms with Gasteiger partial charge in [0, 0.05) is 23.0 Å². The summed E-state index contributed by atoms with van der Waals surface area (Å²) in [5.74, 6) is 1.42. The molecule has 0 spiro atoms. The Hall–Kier alpha value is -9.58. The second-order valence-electron chi connectivity index (χ2n) is 20.9. The van der Waals surface area contributed by atoms with Gasteiger partial charge in [-0.3, -0.25) is 13.7 Å². The Balaban J connectivity index is 1.15. The fourth-order valence-corrected chi connectivity index (χ4v) is 9.89. The van der Waals surface area contributed by atoms with Gasteiger partial charge in [0.25, 0.3) is 6.33 Å². The van der Waals surface area contributed by atoms with Crippen LogP contribution in [0.2, 0.25) is 0 Å². The molecule has 0 radical (unpaired) electrons. The molecule has 79 heavy (non-hydrogen) atoms. The molecule has 3 heterocycles. The minimum atomic E-state index is -1.16. The van der Waals surface area contributed by atoms with Crippen molar-refractivity contribution in [1.29, 1.82) is 0 Å². The summed E-state index contributed by atoms with van der Waals surface area (Å²) in [4.78, 5) is 4.84. The molecular weight excluding hydrogens is 961 g/mol. The second kappa shape index (κ2) is 19.8. The molecule has 0 aliphatic carbocycles. The van der Waals surface area contributed by atoms with Crippen LogP contribution in [0, 0.1) is 6.33 Å². The van der Waals surface area contributed by atoms with Crippen LogP contribution in [0.25, 0.3) is 106 Å². The van der Waals surface area contributed by atoms with Gasteiger partial charge in [-0.05, 0) is 156 Å². The van der Waals surface area contributed by atoms with Gasteiger partial charge in [0.1, 0.15) is 17.3 Å². The SMILES string of the molecule is [2H]c1c([2H])c([2H])c(-c2cc(-c3c([2H])c(-c4c([2H])c([2H])c([2H])c([2H])c4[2H])c([2H])c(-c4c([2H])c([2H])c([2H])c([2H])c4[2H])c3[2H])c(-[n+]3[c-]n(-c4cccc(Oc5ccc6c7ccccc7n(-c7cc(C(C)(C)C)ccn7)c6c5)c4)c4cc(-c5c([2H])c([2H])c([2H])c([2H])c5[2H])ccc43)c(C(C)(C)C)c2)c([2H])c1[2H]. The minimum Gasteiger partial charge on any atom is -0.458 e. The molecule has 5 nitrogen and oxygen atoms in total. The van der Waals surface area contributed by atoms with Crippen LogP contribution < -0.4 is 9.30 Å². The fraction of sp³-hybridized carbons (Fsp3) is 0.108. The van der Waals surface area contributed by atoms with E-state index in [4.69, 9.17) is 28.9 Å². The van der Waals surface area contributed by atoms with Gasteiger partial charge >= 0.3 is 0 Å². The van der Waals surface area contributed by atoms with Crippen molar-refractivity contribution in [2.24, 2.45) is 0 Å². The Labute approximate surface area is 495 Å². The summed E-state index contributed by atoms with van der Waals surface area (Å²) in [5, 5.41) is 1.91. The number of para-hydroxylation sites is 1. The summed E-state index contributed by atoms with van der Waals surface area (Å²) >= 11 is 0. The predicted molar refractivity (Wildman–Crippen MR) is 327 cm³/mol. The maximum absolute atomic E-state index is 10.5. The largest absolute Gasteiger partial charge is 0.458 e. The molecule has 0 aliphatic rings. The quantitative estimate of drug-likeness (QED) is 0.101. The Morgan fingerprint density at radius 2 is 1.06 bits per heavy atom. The highest BCUT2D eigenvalue weighted by Gasteiger charge is 2.28. The van der Waals surface area contributed by atoms with Crippen LogP contribution in [0.1, 0.15) is 84.2 Å². The van der Waals surface area contributed by atoms with Gasteiger partial charge < -0.3 is 4.74 Å². The van der Waals surface area contributed by atoms with Crippen molar-refractivity contribution in [1.82, 2.24) is 14.1 Å². The third-order valence-electron chi connectivity index (χ3n) is 13.7. The van der Waals surface area contributed by atoms with Crippen molar-refractivity contribution in [2.75, 3.05) is 0 Å². The average Bonchev–Trinajstić information content (AvgIpc) is 1.08. The summed E-state index contributed by atoms with van der Waals surface area (Å²) < 4.78 is 222. The monoisotopic (exact) mass is 1040 g/mol. The number of nitrogens with zero attached hydrogens (tertiary/aromatic N) is 4. The van der Waals surface area contributed by atoms with Gasteiger partial charge in [-0.1, -0.05) is 205 Å². The highest BCUT2D eigenvalue weighted by molar-refractivity contribution is 6.09. The highest BCUT2D eigenvalue weighted by Crippen LogP contribution is 2.43. The summed E-state index contributed by atoms with van der Waals surface area (Å²) in [5.41, 5.74) is -1.75. The average molecular weight is 1040 g/mol. The number of imidazole rings is 1. The number of hydrogen-bond donors (Lipinski definition) is 0. The van der Waals surface area contributed by atoms with E-state index < -0.39 is 172 Å². The standard InChI is InChI=1S/C74H60N4O/c1-73(2,3)59-38-39-75-71(46-59)78-67-33-20-19-32-63(67)64-36-35-62(48-69(64)78)79-61-31-21-30-60(47-61)76-49-77(68-37-34-54(45-70(68)76)50-22-11-7-12-23-50)72-65(43-57(44-66(72)74(4,5)6)53-28-17-10-18-29-53)58-41-55(51-24-13-8-14-25-51)40-56(42-58)52-26-15-9-16-27-52/h7-48H,1-6H3/i7D,8D,9D,10D,11D,12D,13D,14D,15D,16D,17D,18D,22D,23D,24D,25D,26D,27D,28D,29D,40D,41D,42D. The minimum absolute atomic E-state index is 0.00954. The first-order valence-electron chi connectivity index (χ1n) is 36.9. The Bertz CT molecular complexity index is 5620. The van der Waals surface area contributed by atoms with E-state index in [1.54, 1.807) is 74.0 Å². The first kappa shape index (κ1) is 29.8. The molecule has 0 bridgehead atoms. The Morgan fingerprint density at radius 3 is 1.71 bits per heavy atom. The van der Waals surface area contributed by atoms with Gasteiger partial charge in [-0.15, -0.1) is 0 Å². The zero-order valence-corrected chi connectivity index (χ0v) is 43.7. The molecule has 10 aromatic carbocycles. The van der Waals surface area contributed by atoms with E-state index in [0.29, 0.717) is 23.0 Å². The molecule has 0 aliphatic heterocycles. The van der Waals surface area contributed by atoms with Crippen LogP contribution in [0.3, 0.4) is 0 Å². The Morgan fingerprint density at radius 1 is 0.468 bits per heavy atom. The van der Waals surface area contributed by atoms with Crippen LogP contribution in [0.5, 0.6) is 11.5 Å². The molecule has 0 unspecified atom stereocenters. The molecule has 13 rings (SSSR count). The van der Waals surface area contributed by atoms with E-state index in [-0.39, 0.29) is 55.5 Å². The maximum atomic E-state index is 10.5. The van der Waals surface area contributed by atoms with Crippen molar-refractivity contribution in [3.05, 3.63) is 272 Å². The van der Waals surface area contributed by atoms with Crippen LogP contribution in [-0.4, -0.2) is 14.1 Å². The van der Waals surface area contributed by atoms with E-state index in [9.17, 15) is 12.3 Å². The molecule has 0 saturated heterocycles. The van der Waals surface area contributed by atoms with E-state index in [1.807, 2.05) is 48.5 Å². The van der Waals surface area contributed by atoms with Gasteiger partial charge in [0.15, 0.2) is 0 Å². The highest BCUT2D eigenvalue weighted by atomic mass is 16.5. The van der Waals surface area contributed by atoms with Crippen LogP contribution in [0.15, 0.2) is 254 Å². The lowest BCUT2D eigenvalue weighted by atomic mass is 9.80. The summed E-state index contributed by atoms with van der Waals surface area (Å²) in [6.07, 6.45) is 5.26. The lowest BCUT2D eigenvalue weighted by Crippen LogP contribution is -2.34. The molecule has 0 amide bonds. The topological polar surface area (TPSA) is 35.9 Å². The fourth-order valence-electron chi connectivity index (χ4n) is 9.89. The first-order chi connectivity index (χ1) is 48.0. The van der Waals surface area contributed by atoms with Crippen molar-refractivity contribution < 1.29 is 40.8 Å². The van der Waals surface area contributed by atoms with Gasteiger partial charge in [0.05, 0.1) is 65.0 Å². The van der Waals surface area contributed by atoms with Crippen molar-refractivity contribution in [3.8, 4) is 84.3 Å². The van der Waals surface area contributed by atoms with Gasteiger partial charge in [0.2, 0.25) is 0 Å². The molecule has 5 heteroatoms. The zero-order chi connectivity index (χ0) is 73.8. The van der Waals surface area contributed by atoms with E-state index in [0.717, 1.165) is 27.4 Å². The summed E-state index contributed by atoms with van der Waals surface area (Å²) in [7, 11) is 0. The lowest BCUT2D eigenvalue weighted by molar-refractivity contribution is -0.572.